The van der Waals surface area contributed by atoms with E-state index in [0.717, 1.165) is 12.2 Å². The van der Waals surface area contributed by atoms with Crippen LogP contribution in [0, 0.1) is 16.0 Å². The van der Waals surface area contributed by atoms with Crippen molar-refractivity contribution in [2.24, 2.45) is 5.92 Å². The van der Waals surface area contributed by atoms with Crippen molar-refractivity contribution < 1.29 is 4.92 Å². The number of nitrogens with one attached hydrogen (secondary N) is 1. The fourth-order valence-electron chi connectivity index (χ4n) is 3.06. The van der Waals surface area contributed by atoms with Gasteiger partial charge < -0.3 is 10.2 Å². The largest absolute Gasteiger partial charge is 0.380 e. The molecule has 0 amide bonds. The van der Waals surface area contributed by atoms with Gasteiger partial charge in [-0.1, -0.05) is 11.6 Å². The Morgan fingerprint density at radius 3 is 2.63 bits per heavy atom. The zero-order valence-corrected chi connectivity index (χ0v) is 11.3. The molecule has 3 aliphatic heterocycles. The lowest BCUT2D eigenvalue weighted by Gasteiger charge is -2.45. The molecular weight excluding hydrogens is 266 g/mol. The van der Waals surface area contributed by atoms with Crippen molar-refractivity contribution in [2.45, 2.75) is 18.9 Å². The summed E-state index contributed by atoms with van der Waals surface area (Å²) in [6, 6.07) is 5.01. The molecule has 0 aromatic heterocycles. The second-order valence-corrected chi connectivity index (χ2v) is 5.72. The molecule has 0 spiro atoms. The molecule has 1 unspecified atom stereocenters. The van der Waals surface area contributed by atoms with E-state index in [2.05, 4.69) is 10.2 Å². The van der Waals surface area contributed by atoms with Crippen molar-refractivity contribution in [1.82, 2.24) is 4.90 Å². The number of hydrogen-bond donors (Lipinski definition) is 1. The Labute approximate surface area is 116 Å². The highest BCUT2D eigenvalue weighted by Crippen LogP contribution is 2.33. The van der Waals surface area contributed by atoms with E-state index in [1.54, 1.807) is 6.07 Å². The number of piperidine rings is 3. The number of nitro benzene ring substituents is 1. The zero-order chi connectivity index (χ0) is 13.4. The summed E-state index contributed by atoms with van der Waals surface area (Å²) in [6.45, 7) is 3.42. The molecule has 4 rings (SSSR count). The maximum absolute atomic E-state index is 10.7. The molecule has 3 fully saturated rings. The summed E-state index contributed by atoms with van der Waals surface area (Å²) < 4.78 is 0. The number of benzene rings is 1. The summed E-state index contributed by atoms with van der Waals surface area (Å²) in [5.74, 6) is 0.691. The van der Waals surface area contributed by atoms with Crippen LogP contribution >= 0.6 is 11.6 Å². The predicted molar refractivity (Wildman–Crippen MR) is 74.7 cm³/mol. The van der Waals surface area contributed by atoms with E-state index in [0.29, 0.717) is 17.0 Å². The zero-order valence-electron chi connectivity index (χ0n) is 10.5. The molecule has 1 aromatic carbocycles. The molecule has 0 aliphatic carbocycles. The summed E-state index contributed by atoms with van der Waals surface area (Å²) in [5, 5.41) is 14.6. The number of non-ortho nitro benzene ring substituents is 1. The lowest BCUT2D eigenvalue weighted by atomic mass is 9.84. The van der Waals surface area contributed by atoms with E-state index >= 15 is 0 Å². The quantitative estimate of drug-likeness (QED) is 0.684. The minimum absolute atomic E-state index is 0.0319. The van der Waals surface area contributed by atoms with Crippen molar-refractivity contribution in [3.8, 4) is 0 Å². The van der Waals surface area contributed by atoms with Crippen LogP contribution < -0.4 is 5.32 Å². The summed E-state index contributed by atoms with van der Waals surface area (Å²) in [4.78, 5) is 12.7. The van der Waals surface area contributed by atoms with Crippen molar-refractivity contribution in [3.05, 3.63) is 33.3 Å². The third-order valence-corrected chi connectivity index (χ3v) is 4.47. The minimum atomic E-state index is -0.427. The molecule has 3 aliphatic rings. The van der Waals surface area contributed by atoms with E-state index in [1.807, 2.05) is 0 Å². The molecule has 3 heterocycles. The molecule has 102 valence electrons. The summed E-state index contributed by atoms with van der Waals surface area (Å²) in [5.41, 5.74) is 0.829. The first-order chi connectivity index (χ1) is 9.13. The summed E-state index contributed by atoms with van der Waals surface area (Å²) >= 11 is 6.11. The number of halogens is 1. The van der Waals surface area contributed by atoms with Gasteiger partial charge in [0, 0.05) is 24.7 Å². The second-order valence-electron chi connectivity index (χ2n) is 5.31. The maximum atomic E-state index is 10.7. The smallest absolute Gasteiger partial charge is 0.271 e. The highest BCUT2D eigenvalue weighted by atomic mass is 35.5. The fourth-order valence-corrected chi connectivity index (χ4v) is 3.29. The van der Waals surface area contributed by atoms with Gasteiger partial charge in [-0.25, -0.2) is 0 Å². The van der Waals surface area contributed by atoms with Crippen molar-refractivity contribution in [3.63, 3.8) is 0 Å². The molecule has 1 aromatic rings. The molecule has 1 N–H and O–H groups in total. The van der Waals surface area contributed by atoms with Gasteiger partial charge in [-0.2, -0.15) is 0 Å². The van der Waals surface area contributed by atoms with Gasteiger partial charge in [-0.3, -0.25) is 10.1 Å². The maximum Gasteiger partial charge on any atom is 0.271 e. The van der Waals surface area contributed by atoms with Crippen molar-refractivity contribution in [2.75, 3.05) is 25.0 Å². The molecular formula is C13H16ClN3O2. The fraction of sp³-hybridized carbons (Fsp3) is 0.538. The predicted octanol–water partition coefficient (Wildman–Crippen LogP) is 2.75. The Kier molecular flexibility index (Phi) is 3.33. The lowest BCUT2D eigenvalue weighted by molar-refractivity contribution is -0.384. The van der Waals surface area contributed by atoms with Crippen LogP contribution in [0.5, 0.6) is 0 Å². The standard InChI is InChI=1S/C13H16ClN3O2/c14-11-7-10(17(18)19)1-2-12(11)15-13-8-16-5-3-9(13)4-6-16/h1-2,7,9,13,15H,3-6,8H2. The molecule has 0 radical (unpaired) electrons. The van der Waals surface area contributed by atoms with Crippen LogP contribution in [0.3, 0.4) is 0 Å². The number of rotatable bonds is 3. The number of nitro groups is 1. The van der Waals surface area contributed by atoms with Crippen molar-refractivity contribution in [1.29, 1.82) is 0 Å². The Morgan fingerprint density at radius 2 is 2.11 bits per heavy atom. The number of nitrogens with zero attached hydrogens (tertiary/aromatic N) is 2. The Hall–Kier alpha value is -1.33. The SMILES string of the molecule is O=[N+]([O-])c1ccc(NC2CN3CCC2CC3)c(Cl)c1. The van der Waals surface area contributed by atoms with Crippen LogP contribution in [0.25, 0.3) is 0 Å². The van der Waals surface area contributed by atoms with Gasteiger partial charge in [0.05, 0.1) is 15.6 Å². The Morgan fingerprint density at radius 1 is 1.37 bits per heavy atom. The Bertz CT molecular complexity index is 501. The summed E-state index contributed by atoms with van der Waals surface area (Å²) in [6.07, 6.45) is 2.45. The van der Waals surface area contributed by atoms with E-state index in [-0.39, 0.29) is 5.69 Å². The minimum Gasteiger partial charge on any atom is -0.380 e. The van der Waals surface area contributed by atoms with E-state index in [1.165, 1.54) is 38.1 Å². The third-order valence-electron chi connectivity index (χ3n) is 4.16. The first kappa shape index (κ1) is 12.7. The third kappa shape index (κ3) is 2.53. The van der Waals surface area contributed by atoms with E-state index in [4.69, 9.17) is 11.6 Å². The monoisotopic (exact) mass is 281 g/mol. The molecule has 6 heteroatoms. The normalized spacial score (nSPS) is 29.2. The van der Waals surface area contributed by atoms with Crippen LogP contribution in [0.15, 0.2) is 18.2 Å². The van der Waals surface area contributed by atoms with E-state index < -0.39 is 4.92 Å². The van der Waals surface area contributed by atoms with Gasteiger partial charge in [0.25, 0.3) is 5.69 Å². The van der Waals surface area contributed by atoms with Gasteiger partial charge in [0.15, 0.2) is 0 Å². The molecule has 2 bridgehead atoms. The summed E-state index contributed by atoms with van der Waals surface area (Å²) in [7, 11) is 0. The van der Waals surface area contributed by atoms with Crippen LogP contribution in [0.2, 0.25) is 5.02 Å². The van der Waals surface area contributed by atoms with Crippen LogP contribution in [-0.4, -0.2) is 35.5 Å². The topological polar surface area (TPSA) is 58.4 Å². The van der Waals surface area contributed by atoms with Crippen LogP contribution in [-0.2, 0) is 0 Å². The number of anilines is 1. The Balaban J connectivity index is 1.75. The van der Waals surface area contributed by atoms with Crippen molar-refractivity contribution >= 4 is 23.0 Å². The molecule has 0 saturated carbocycles. The first-order valence-corrected chi connectivity index (χ1v) is 6.94. The molecule has 5 nitrogen and oxygen atoms in total. The average molecular weight is 282 g/mol. The van der Waals surface area contributed by atoms with Gasteiger partial charge in [-0.15, -0.1) is 0 Å². The first-order valence-electron chi connectivity index (χ1n) is 6.56. The van der Waals surface area contributed by atoms with Gasteiger partial charge in [0.1, 0.15) is 0 Å². The van der Waals surface area contributed by atoms with E-state index in [9.17, 15) is 10.1 Å². The number of fused-ring (bicyclic) bond motifs is 3. The lowest BCUT2D eigenvalue weighted by Crippen LogP contribution is -2.53. The number of hydrogen-bond acceptors (Lipinski definition) is 4. The van der Waals surface area contributed by atoms with Gasteiger partial charge in [0.2, 0.25) is 0 Å². The molecule has 19 heavy (non-hydrogen) atoms. The van der Waals surface area contributed by atoms with Gasteiger partial charge in [-0.05, 0) is 37.9 Å². The molecule has 1 atom stereocenters. The van der Waals surface area contributed by atoms with Crippen LogP contribution in [0.1, 0.15) is 12.8 Å². The van der Waals surface area contributed by atoms with Gasteiger partial charge >= 0.3 is 0 Å². The van der Waals surface area contributed by atoms with Crippen LogP contribution in [0.4, 0.5) is 11.4 Å². The highest BCUT2D eigenvalue weighted by Gasteiger charge is 2.34. The molecule has 3 saturated heterocycles. The second kappa shape index (κ2) is 4.98. The average Bonchev–Trinajstić information content (AvgIpc) is 2.42. The highest BCUT2D eigenvalue weighted by molar-refractivity contribution is 6.33.